The molecule has 0 radical (unpaired) electrons. The molecule has 0 saturated carbocycles. The summed E-state index contributed by atoms with van der Waals surface area (Å²) in [6.45, 7) is -0.327. The molecule has 1 aliphatic heterocycles. The minimum atomic E-state index is -0.797. The minimum absolute atomic E-state index is 0.0140. The van der Waals surface area contributed by atoms with Crippen molar-refractivity contribution < 1.29 is 23.4 Å². The van der Waals surface area contributed by atoms with E-state index in [0.29, 0.717) is 0 Å². The smallest absolute Gasteiger partial charge is 0.290 e. The van der Waals surface area contributed by atoms with E-state index in [-0.39, 0.29) is 43.1 Å². The van der Waals surface area contributed by atoms with Crippen molar-refractivity contribution in [2.24, 2.45) is 0 Å². The monoisotopic (exact) mass is 365 g/mol. The number of halogens is 2. The molecule has 0 aliphatic carbocycles. The van der Waals surface area contributed by atoms with Crippen molar-refractivity contribution in [2.75, 3.05) is 25.2 Å². The largest absolute Gasteiger partial charge is 0.497 e. The Morgan fingerprint density at radius 2 is 2.00 bits per heavy atom. The van der Waals surface area contributed by atoms with E-state index in [1.807, 2.05) is 0 Å². The predicted molar refractivity (Wildman–Crippen MR) is 88.2 cm³/mol. The van der Waals surface area contributed by atoms with Gasteiger partial charge in [-0.05, 0) is 6.07 Å². The predicted octanol–water partition coefficient (Wildman–Crippen LogP) is 1.04. The van der Waals surface area contributed by atoms with Crippen molar-refractivity contribution in [3.8, 4) is 5.75 Å². The summed E-state index contributed by atoms with van der Waals surface area (Å²) < 4.78 is 34.5. The van der Waals surface area contributed by atoms with Crippen LogP contribution in [0.25, 0.3) is 0 Å². The van der Waals surface area contributed by atoms with Gasteiger partial charge >= 0.3 is 0 Å². The lowest BCUT2D eigenvalue weighted by molar-refractivity contribution is -0.117. The maximum atomic E-state index is 14.3. The first-order chi connectivity index (χ1) is 12.5. The number of anilines is 1. The van der Waals surface area contributed by atoms with Gasteiger partial charge in [0, 0.05) is 42.8 Å². The van der Waals surface area contributed by atoms with Gasteiger partial charge < -0.3 is 14.7 Å². The van der Waals surface area contributed by atoms with Gasteiger partial charge in [0.1, 0.15) is 23.1 Å². The number of carbonyl (C=O) groups excluding carboxylic acids is 1. The molecule has 1 unspecified atom stereocenters. The Balaban J connectivity index is 1.93. The molecule has 2 aromatic rings. The van der Waals surface area contributed by atoms with Crippen LogP contribution >= 0.6 is 0 Å². The van der Waals surface area contributed by atoms with E-state index in [0.717, 1.165) is 16.8 Å². The summed E-state index contributed by atoms with van der Waals surface area (Å²) in [6, 6.07) is 3.50. The second-order valence-electron chi connectivity index (χ2n) is 5.88. The van der Waals surface area contributed by atoms with Gasteiger partial charge in [0.2, 0.25) is 5.91 Å². The molecule has 9 heteroatoms. The molecule has 1 N–H and O–H groups in total. The summed E-state index contributed by atoms with van der Waals surface area (Å²) in [6.07, 6.45) is 1.21. The van der Waals surface area contributed by atoms with Crippen LogP contribution in [0, 0.1) is 11.6 Å². The lowest BCUT2D eigenvalue weighted by Crippen LogP contribution is -2.34. The fourth-order valence-corrected chi connectivity index (χ4v) is 3.10. The highest BCUT2D eigenvalue weighted by Gasteiger charge is 2.36. The molecule has 1 fully saturated rings. The van der Waals surface area contributed by atoms with Crippen LogP contribution in [-0.2, 0) is 11.3 Å². The van der Waals surface area contributed by atoms with E-state index >= 15 is 0 Å². The minimum Gasteiger partial charge on any atom is -0.497 e. The molecule has 0 bridgehead atoms. The summed E-state index contributed by atoms with van der Waals surface area (Å²) in [4.78, 5) is 25.9. The Bertz CT molecular complexity index is 877. The van der Waals surface area contributed by atoms with Crippen molar-refractivity contribution in [3.63, 3.8) is 0 Å². The quantitative estimate of drug-likeness (QED) is 0.856. The number of aliphatic hydroxyl groups excluding tert-OH is 1. The number of aromatic nitrogens is 2. The molecule has 1 saturated heterocycles. The lowest BCUT2D eigenvalue weighted by atomic mass is 9.97. The Hall–Kier alpha value is -2.81. The van der Waals surface area contributed by atoms with Crippen LogP contribution in [-0.4, -0.2) is 41.1 Å². The zero-order chi connectivity index (χ0) is 18.8. The van der Waals surface area contributed by atoms with Crippen LogP contribution in [0.5, 0.6) is 5.75 Å². The SMILES string of the molecule is COc1cc(F)c(C2CC(=O)N(c3ccnn(CCO)c3=O)C2)c(F)c1. The molecule has 1 amide bonds. The van der Waals surface area contributed by atoms with E-state index in [9.17, 15) is 18.4 Å². The summed E-state index contributed by atoms with van der Waals surface area (Å²) in [5.41, 5.74) is -0.687. The van der Waals surface area contributed by atoms with E-state index in [4.69, 9.17) is 9.84 Å². The molecule has 138 valence electrons. The molecule has 1 aliphatic rings. The van der Waals surface area contributed by atoms with Gasteiger partial charge in [0.05, 0.1) is 20.3 Å². The topological polar surface area (TPSA) is 84.7 Å². The van der Waals surface area contributed by atoms with Crippen molar-refractivity contribution >= 4 is 11.6 Å². The molecule has 1 aromatic carbocycles. The Morgan fingerprint density at radius 3 is 2.62 bits per heavy atom. The third-order valence-corrected chi connectivity index (χ3v) is 4.32. The van der Waals surface area contributed by atoms with Crippen LogP contribution in [0.2, 0.25) is 0 Å². The third kappa shape index (κ3) is 3.17. The second-order valence-corrected chi connectivity index (χ2v) is 5.88. The number of ether oxygens (including phenoxy) is 1. The normalized spacial score (nSPS) is 17.0. The number of rotatable bonds is 5. The number of amides is 1. The zero-order valence-electron chi connectivity index (χ0n) is 14.0. The van der Waals surface area contributed by atoms with E-state index in [2.05, 4.69) is 5.10 Å². The molecular weight excluding hydrogens is 348 g/mol. The summed E-state index contributed by atoms with van der Waals surface area (Å²) in [5, 5.41) is 12.8. The van der Waals surface area contributed by atoms with Crippen LogP contribution in [0.3, 0.4) is 0 Å². The van der Waals surface area contributed by atoms with Crippen molar-refractivity contribution in [1.29, 1.82) is 0 Å². The third-order valence-electron chi connectivity index (χ3n) is 4.32. The van der Waals surface area contributed by atoms with E-state index in [1.165, 1.54) is 24.3 Å². The molecule has 1 atom stereocenters. The van der Waals surface area contributed by atoms with Crippen LogP contribution in [0.4, 0.5) is 14.5 Å². The number of aliphatic hydroxyl groups is 1. The van der Waals surface area contributed by atoms with Crippen molar-refractivity contribution in [2.45, 2.75) is 18.9 Å². The summed E-state index contributed by atoms with van der Waals surface area (Å²) in [7, 11) is 1.30. The van der Waals surface area contributed by atoms with Gasteiger partial charge in [0.15, 0.2) is 0 Å². The standard InChI is InChI=1S/C17H17F2N3O4/c1-26-11-7-12(18)16(13(19)8-11)10-6-15(24)21(9-10)14-2-3-20-22(4-5-23)17(14)25/h2-3,7-8,10,23H,4-6,9H2,1H3. The lowest BCUT2D eigenvalue weighted by Gasteiger charge is -2.17. The molecule has 3 rings (SSSR count). The number of benzene rings is 1. The van der Waals surface area contributed by atoms with Crippen LogP contribution in [0.15, 0.2) is 29.2 Å². The molecule has 1 aromatic heterocycles. The summed E-state index contributed by atoms with van der Waals surface area (Å²) >= 11 is 0. The second kappa shape index (κ2) is 7.20. The highest BCUT2D eigenvalue weighted by Crippen LogP contribution is 2.35. The average Bonchev–Trinajstić information content (AvgIpc) is 2.97. The number of methoxy groups -OCH3 is 1. The first-order valence-electron chi connectivity index (χ1n) is 7.96. The molecule has 7 nitrogen and oxygen atoms in total. The molecular formula is C17H17F2N3O4. The van der Waals surface area contributed by atoms with Gasteiger partial charge in [0.25, 0.3) is 5.56 Å². The highest BCUT2D eigenvalue weighted by molar-refractivity contribution is 5.96. The number of hydrogen-bond donors (Lipinski definition) is 1. The molecule has 26 heavy (non-hydrogen) atoms. The van der Waals surface area contributed by atoms with Gasteiger partial charge in [-0.1, -0.05) is 0 Å². The van der Waals surface area contributed by atoms with Gasteiger partial charge in [-0.25, -0.2) is 13.5 Å². The highest BCUT2D eigenvalue weighted by atomic mass is 19.1. The number of nitrogens with zero attached hydrogens (tertiary/aromatic N) is 3. The van der Waals surface area contributed by atoms with Crippen LogP contribution in [0.1, 0.15) is 17.9 Å². The van der Waals surface area contributed by atoms with Gasteiger partial charge in [-0.2, -0.15) is 5.10 Å². The number of carbonyl (C=O) groups is 1. The number of hydrogen-bond acceptors (Lipinski definition) is 5. The first kappa shape index (κ1) is 18.0. The van der Waals surface area contributed by atoms with Gasteiger partial charge in [-0.15, -0.1) is 0 Å². The van der Waals surface area contributed by atoms with E-state index < -0.39 is 29.0 Å². The van der Waals surface area contributed by atoms with Gasteiger partial charge in [-0.3, -0.25) is 9.59 Å². The zero-order valence-corrected chi connectivity index (χ0v) is 14.0. The average molecular weight is 365 g/mol. The van der Waals surface area contributed by atoms with Crippen molar-refractivity contribution in [1.82, 2.24) is 9.78 Å². The Labute approximate surface area is 147 Å². The molecule has 0 spiro atoms. The first-order valence-corrected chi connectivity index (χ1v) is 7.96. The maximum absolute atomic E-state index is 14.3. The Morgan fingerprint density at radius 1 is 1.31 bits per heavy atom. The Kier molecular flexibility index (Phi) is 4.99. The fraction of sp³-hybridized carbons (Fsp3) is 0.353. The fourth-order valence-electron chi connectivity index (χ4n) is 3.10. The molecule has 2 heterocycles. The van der Waals surface area contributed by atoms with Crippen LogP contribution < -0.4 is 15.2 Å². The maximum Gasteiger partial charge on any atom is 0.290 e. The van der Waals surface area contributed by atoms with Crippen molar-refractivity contribution in [3.05, 3.63) is 51.9 Å². The van der Waals surface area contributed by atoms with E-state index in [1.54, 1.807) is 0 Å². The summed E-state index contributed by atoms with van der Waals surface area (Å²) in [5.74, 6) is -2.69.